The Morgan fingerprint density at radius 2 is 2.15 bits per heavy atom. The predicted octanol–water partition coefficient (Wildman–Crippen LogP) is 3.88. The number of nitrogens with zero attached hydrogens (tertiary/aromatic N) is 3. The van der Waals surface area contributed by atoms with E-state index >= 15 is 0 Å². The molecule has 0 saturated carbocycles. The van der Waals surface area contributed by atoms with Crippen molar-refractivity contribution in [3.8, 4) is 11.5 Å². The summed E-state index contributed by atoms with van der Waals surface area (Å²) in [5.74, 6) is 1.26. The molecule has 0 radical (unpaired) electrons. The van der Waals surface area contributed by atoms with Crippen LogP contribution in [0.25, 0.3) is 6.08 Å². The first-order chi connectivity index (χ1) is 16.1. The Hall–Kier alpha value is -3.81. The largest absolute Gasteiger partial charge is 0.481 e. The third-order valence-electron chi connectivity index (χ3n) is 5.94. The lowest BCUT2D eigenvalue weighted by Crippen LogP contribution is -2.14. The molecule has 0 aliphatic carbocycles. The summed E-state index contributed by atoms with van der Waals surface area (Å²) in [5, 5.41) is 17.2. The fourth-order valence-corrected chi connectivity index (χ4v) is 4.26. The van der Waals surface area contributed by atoms with Crippen molar-refractivity contribution in [3.05, 3.63) is 71.2 Å². The van der Waals surface area contributed by atoms with E-state index in [-0.39, 0.29) is 19.1 Å². The number of benzene rings is 1. The van der Waals surface area contributed by atoms with Gasteiger partial charge in [0.15, 0.2) is 11.5 Å². The highest BCUT2D eigenvalue weighted by Crippen LogP contribution is 2.36. The van der Waals surface area contributed by atoms with E-state index in [9.17, 15) is 9.90 Å². The van der Waals surface area contributed by atoms with Gasteiger partial charge >= 0.3 is 5.97 Å². The van der Waals surface area contributed by atoms with E-state index in [4.69, 9.17) is 14.5 Å². The molecule has 4 heterocycles. The molecule has 1 unspecified atom stereocenters. The Bertz CT molecular complexity index is 1190. The Balaban J connectivity index is 1.24. The van der Waals surface area contributed by atoms with Crippen LogP contribution in [0.3, 0.4) is 0 Å². The zero-order valence-corrected chi connectivity index (χ0v) is 18.2. The Morgan fingerprint density at radius 1 is 1.24 bits per heavy atom. The molecular weight excluding hydrogens is 420 g/mol. The quantitative estimate of drug-likeness (QED) is 0.542. The summed E-state index contributed by atoms with van der Waals surface area (Å²) in [6.45, 7) is 1.63. The minimum Gasteiger partial charge on any atom is -0.481 e. The number of nitrogens with one attached hydrogen (secondary N) is 1. The second-order valence-corrected chi connectivity index (χ2v) is 8.35. The maximum atomic E-state index is 11.5. The molecule has 3 aromatic rings. The van der Waals surface area contributed by atoms with Gasteiger partial charge in [0.25, 0.3) is 0 Å². The van der Waals surface area contributed by atoms with E-state index in [1.54, 1.807) is 10.9 Å². The van der Waals surface area contributed by atoms with Crippen molar-refractivity contribution >= 4 is 17.9 Å². The highest BCUT2D eigenvalue weighted by molar-refractivity contribution is 5.68. The lowest BCUT2D eigenvalue weighted by Gasteiger charge is -2.17. The fourth-order valence-electron chi connectivity index (χ4n) is 4.26. The second-order valence-electron chi connectivity index (χ2n) is 8.35. The number of carboxylic acid groups (broad SMARTS) is 1. The molecule has 1 aromatic carbocycles. The first kappa shape index (κ1) is 21.1. The first-order valence-electron chi connectivity index (χ1n) is 11.2. The topological polar surface area (TPSA) is 98.5 Å². The van der Waals surface area contributed by atoms with Gasteiger partial charge in [-0.15, -0.1) is 0 Å². The minimum atomic E-state index is -0.850. The molecule has 2 N–H and O–H groups in total. The zero-order chi connectivity index (χ0) is 22.6. The molecule has 33 heavy (non-hydrogen) atoms. The standard InChI is InChI=1S/C25H26N4O4/c30-24(31)12-20(19-7-9-22-23(11-19)33-16-32-22)15-29-14-17(13-27-29)3-1-5-21-8-6-18-4-2-10-26-25(18)28-21/h1,3,6-9,11,13-14,20H,2,4-5,10,12,15-16H2,(H,26,28)(H,30,31)/b3-1+. The molecular formula is C25H26N4O4. The maximum Gasteiger partial charge on any atom is 0.304 e. The molecule has 5 rings (SSSR count). The smallest absolute Gasteiger partial charge is 0.304 e. The molecule has 0 saturated heterocycles. The molecule has 1 atom stereocenters. The number of carbonyl (C=O) groups is 1. The van der Waals surface area contributed by atoms with E-state index in [1.807, 2.05) is 30.5 Å². The predicted molar refractivity (Wildman–Crippen MR) is 124 cm³/mol. The highest BCUT2D eigenvalue weighted by Gasteiger charge is 2.21. The highest BCUT2D eigenvalue weighted by atomic mass is 16.7. The van der Waals surface area contributed by atoms with Crippen LogP contribution >= 0.6 is 0 Å². The number of aryl methyl sites for hydroxylation is 1. The van der Waals surface area contributed by atoms with E-state index in [0.717, 1.165) is 48.4 Å². The van der Waals surface area contributed by atoms with Gasteiger partial charge in [-0.1, -0.05) is 24.3 Å². The van der Waals surface area contributed by atoms with Crippen molar-refractivity contribution in [2.75, 3.05) is 18.7 Å². The van der Waals surface area contributed by atoms with Crippen LogP contribution in [0.2, 0.25) is 0 Å². The van der Waals surface area contributed by atoms with Crippen LogP contribution in [0, 0.1) is 0 Å². The maximum absolute atomic E-state index is 11.5. The van der Waals surface area contributed by atoms with Crippen LogP contribution in [0.1, 0.15) is 41.1 Å². The number of fused-ring (bicyclic) bond motifs is 2. The van der Waals surface area contributed by atoms with Crippen LogP contribution in [-0.2, 0) is 24.2 Å². The summed E-state index contributed by atoms with van der Waals surface area (Å²) in [5.41, 5.74) is 4.16. The van der Waals surface area contributed by atoms with E-state index in [0.29, 0.717) is 18.0 Å². The number of pyridine rings is 1. The van der Waals surface area contributed by atoms with Crippen LogP contribution < -0.4 is 14.8 Å². The van der Waals surface area contributed by atoms with Crippen LogP contribution in [0.4, 0.5) is 5.82 Å². The number of rotatable bonds is 8. The van der Waals surface area contributed by atoms with Crippen LogP contribution in [0.5, 0.6) is 11.5 Å². The van der Waals surface area contributed by atoms with Gasteiger partial charge in [0, 0.05) is 42.9 Å². The lowest BCUT2D eigenvalue weighted by atomic mass is 9.95. The summed E-state index contributed by atoms with van der Waals surface area (Å²) in [4.78, 5) is 16.2. The van der Waals surface area contributed by atoms with Gasteiger partial charge < -0.3 is 19.9 Å². The van der Waals surface area contributed by atoms with Gasteiger partial charge in [-0.25, -0.2) is 4.98 Å². The van der Waals surface area contributed by atoms with Crippen molar-refractivity contribution in [1.29, 1.82) is 0 Å². The molecule has 0 spiro atoms. The van der Waals surface area contributed by atoms with Gasteiger partial charge in [-0.05, 0) is 42.2 Å². The van der Waals surface area contributed by atoms with E-state index in [2.05, 4.69) is 28.6 Å². The number of anilines is 1. The third kappa shape index (κ3) is 5.00. The average Bonchev–Trinajstić information content (AvgIpc) is 3.47. The Morgan fingerprint density at radius 3 is 3.06 bits per heavy atom. The van der Waals surface area contributed by atoms with Crippen molar-refractivity contribution in [2.45, 2.75) is 38.1 Å². The Kier molecular flexibility index (Phi) is 5.97. The number of ether oxygens (including phenoxy) is 2. The van der Waals surface area contributed by atoms with Crippen molar-refractivity contribution in [3.63, 3.8) is 0 Å². The Labute approximate surface area is 191 Å². The van der Waals surface area contributed by atoms with Crippen molar-refractivity contribution in [1.82, 2.24) is 14.8 Å². The van der Waals surface area contributed by atoms with Gasteiger partial charge in [0.1, 0.15) is 5.82 Å². The summed E-state index contributed by atoms with van der Waals surface area (Å²) in [6.07, 6.45) is 10.8. The van der Waals surface area contributed by atoms with E-state index in [1.165, 1.54) is 5.56 Å². The van der Waals surface area contributed by atoms with Gasteiger partial charge in [-0.2, -0.15) is 5.10 Å². The molecule has 8 nitrogen and oxygen atoms in total. The van der Waals surface area contributed by atoms with Gasteiger partial charge in [-0.3, -0.25) is 9.48 Å². The molecule has 0 fully saturated rings. The first-order valence-corrected chi connectivity index (χ1v) is 11.2. The molecule has 2 aliphatic heterocycles. The number of aromatic nitrogens is 3. The average molecular weight is 447 g/mol. The monoisotopic (exact) mass is 446 g/mol. The molecule has 0 amide bonds. The van der Waals surface area contributed by atoms with Crippen molar-refractivity contribution < 1.29 is 19.4 Å². The van der Waals surface area contributed by atoms with Gasteiger partial charge in [0.05, 0.1) is 12.6 Å². The summed E-state index contributed by atoms with van der Waals surface area (Å²) in [6, 6.07) is 9.83. The lowest BCUT2D eigenvalue weighted by molar-refractivity contribution is -0.137. The number of carboxylic acids is 1. The number of aliphatic carboxylic acids is 1. The third-order valence-corrected chi connectivity index (χ3v) is 5.94. The zero-order valence-electron chi connectivity index (χ0n) is 18.2. The summed E-state index contributed by atoms with van der Waals surface area (Å²) in [7, 11) is 0. The minimum absolute atomic E-state index is 0.00269. The molecule has 2 aliphatic rings. The SMILES string of the molecule is O=C(O)CC(Cn1cc(/C=C/Cc2ccc3c(n2)NCCC3)cn1)c1ccc2c(c1)OCO2. The van der Waals surface area contributed by atoms with Crippen molar-refractivity contribution in [2.24, 2.45) is 0 Å². The van der Waals surface area contributed by atoms with Crippen LogP contribution in [-0.4, -0.2) is 39.2 Å². The summed E-state index contributed by atoms with van der Waals surface area (Å²) < 4.78 is 12.6. The second kappa shape index (κ2) is 9.36. The van der Waals surface area contributed by atoms with Gasteiger partial charge in [0.2, 0.25) is 6.79 Å². The number of hydrogen-bond acceptors (Lipinski definition) is 6. The molecule has 2 aromatic heterocycles. The molecule has 170 valence electrons. The number of allylic oxidation sites excluding steroid dienone is 1. The normalized spacial score (nSPS) is 15.3. The molecule has 8 heteroatoms. The van der Waals surface area contributed by atoms with E-state index < -0.39 is 5.97 Å². The van der Waals surface area contributed by atoms with Crippen LogP contribution in [0.15, 0.2) is 48.8 Å². The number of hydrogen-bond donors (Lipinski definition) is 2. The fraction of sp³-hybridized carbons (Fsp3) is 0.320. The summed E-state index contributed by atoms with van der Waals surface area (Å²) >= 11 is 0. The molecule has 0 bridgehead atoms.